The number of rotatable bonds is 7. The Morgan fingerprint density at radius 1 is 1.33 bits per heavy atom. The Morgan fingerprint density at radius 2 is 2.05 bits per heavy atom. The molecule has 1 aromatic rings. The van der Waals surface area contributed by atoms with Gasteiger partial charge in [0.1, 0.15) is 5.75 Å². The zero-order chi connectivity index (χ0) is 15.2. The molecule has 1 saturated heterocycles. The van der Waals surface area contributed by atoms with Gasteiger partial charge in [0, 0.05) is 19.5 Å². The molecule has 1 atom stereocenters. The molecule has 6 heteroatoms. The molecule has 21 heavy (non-hydrogen) atoms. The zero-order valence-electron chi connectivity index (χ0n) is 11.8. The van der Waals surface area contributed by atoms with Gasteiger partial charge in [0.25, 0.3) is 5.91 Å². The average Bonchev–Trinajstić information content (AvgIpc) is 2.84. The second-order valence-electron chi connectivity index (χ2n) is 5.39. The van der Waals surface area contributed by atoms with Gasteiger partial charge in [-0.1, -0.05) is 12.1 Å². The smallest absolute Gasteiger partial charge is 0.303 e. The van der Waals surface area contributed by atoms with Gasteiger partial charge in [0.15, 0.2) is 6.61 Å². The number of ether oxygens (including phenoxy) is 1. The van der Waals surface area contributed by atoms with E-state index in [1.807, 2.05) is 24.3 Å². The number of benzene rings is 1. The van der Waals surface area contributed by atoms with Crippen LogP contribution in [0.5, 0.6) is 5.75 Å². The van der Waals surface area contributed by atoms with E-state index >= 15 is 0 Å². The molecule has 1 unspecified atom stereocenters. The number of hydrogen-bond acceptors (Lipinski definition) is 4. The Bertz CT molecular complexity index is 501. The van der Waals surface area contributed by atoms with Crippen LogP contribution in [0.15, 0.2) is 24.3 Å². The van der Waals surface area contributed by atoms with Crippen molar-refractivity contribution in [3.63, 3.8) is 0 Å². The second kappa shape index (κ2) is 7.08. The Labute approximate surface area is 123 Å². The molecule has 0 aliphatic carbocycles. The quantitative estimate of drug-likeness (QED) is 0.777. The third-order valence-electron chi connectivity index (χ3n) is 3.54. The van der Waals surface area contributed by atoms with Gasteiger partial charge in [-0.15, -0.1) is 0 Å². The summed E-state index contributed by atoms with van der Waals surface area (Å²) in [4.78, 5) is 23.6. The second-order valence-corrected chi connectivity index (χ2v) is 5.39. The molecular weight excluding hydrogens is 272 g/mol. The van der Waals surface area contributed by atoms with E-state index in [-0.39, 0.29) is 18.9 Å². The number of carbonyl (C=O) groups is 2. The van der Waals surface area contributed by atoms with E-state index in [1.165, 1.54) is 0 Å². The van der Waals surface area contributed by atoms with Crippen LogP contribution in [0.3, 0.4) is 0 Å². The maximum atomic E-state index is 10.7. The van der Waals surface area contributed by atoms with E-state index in [9.17, 15) is 9.59 Å². The van der Waals surface area contributed by atoms with E-state index in [4.69, 9.17) is 15.6 Å². The summed E-state index contributed by atoms with van der Waals surface area (Å²) >= 11 is 0. The lowest BCUT2D eigenvalue weighted by Crippen LogP contribution is -2.21. The highest BCUT2D eigenvalue weighted by Gasteiger charge is 2.24. The van der Waals surface area contributed by atoms with Gasteiger partial charge >= 0.3 is 5.97 Å². The van der Waals surface area contributed by atoms with Crippen LogP contribution in [0.4, 0.5) is 0 Å². The van der Waals surface area contributed by atoms with E-state index < -0.39 is 11.9 Å². The Balaban J connectivity index is 1.81. The van der Waals surface area contributed by atoms with Gasteiger partial charge in [-0.05, 0) is 36.6 Å². The van der Waals surface area contributed by atoms with Gasteiger partial charge in [-0.25, -0.2) is 0 Å². The first-order chi connectivity index (χ1) is 10.0. The monoisotopic (exact) mass is 292 g/mol. The van der Waals surface area contributed by atoms with Crippen molar-refractivity contribution in [2.75, 3.05) is 19.7 Å². The minimum atomic E-state index is -0.724. The molecule has 0 aromatic heterocycles. The van der Waals surface area contributed by atoms with Crippen LogP contribution in [-0.4, -0.2) is 41.6 Å². The SMILES string of the molecule is NC(=O)COc1ccc(CN2CCC(CC(=O)O)C2)cc1. The van der Waals surface area contributed by atoms with Crippen molar-refractivity contribution >= 4 is 11.9 Å². The predicted octanol–water partition coefficient (Wildman–Crippen LogP) is 0.847. The van der Waals surface area contributed by atoms with E-state index in [0.717, 1.165) is 31.6 Å². The van der Waals surface area contributed by atoms with Gasteiger partial charge < -0.3 is 15.6 Å². The molecule has 0 radical (unpaired) electrons. The summed E-state index contributed by atoms with van der Waals surface area (Å²) in [6, 6.07) is 7.51. The molecule has 1 aromatic carbocycles. The van der Waals surface area contributed by atoms with Crippen LogP contribution < -0.4 is 10.5 Å². The fourth-order valence-electron chi connectivity index (χ4n) is 2.57. The van der Waals surface area contributed by atoms with Gasteiger partial charge in [0.05, 0.1) is 0 Å². The van der Waals surface area contributed by atoms with Crippen LogP contribution in [0.2, 0.25) is 0 Å². The summed E-state index contributed by atoms with van der Waals surface area (Å²) in [5.74, 6) is -0.359. The molecule has 114 valence electrons. The predicted molar refractivity (Wildman–Crippen MR) is 76.8 cm³/mol. The number of aliphatic carboxylic acids is 1. The van der Waals surface area contributed by atoms with Crippen molar-refractivity contribution in [1.29, 1.82) is 0 Å². The zero-order valence-corrected chi connectivity index (χ0v) is 11.8. The number of carbonyl (C=O) groups excluding carboxylic acids is 1. The first kappa shape index (κ1) is 15.3. The molecule has 2 rings (SSSR count). The Morgan fingerprint density at radius 3 is 2.67 bits per heavy atom. The Kier molecular flexibility index (Phi) is 5.16. The average molecular weight is 292 g/mol. The summed E-state index contributed by atoms with van der Waals surface area (Å²) in [6.45, 7) is 2.43. The van der Waals surface area contributed by atoms with Crippen molar-refractivity contribution in [2.45, 2.75) is 19.4 Å². The molecule has 1 heterocycles. The van der Waals surface area contributed by atoms with Crippen molar-refractivity contribution in [3.8, 4) is 5.75 Å². The number of hydrogen-bond donors (Lipinski definition) is 2. The third kappa shape index (κ3) is 5.07. The molecule has 1 aliphatic rings. The van der Waals surface area contributed by atoms with Crippen molar-refractivity contribution in [1.82, 2.24) is 4.90 Å². The Hall–Kier alpha value is -2.08. The fraction of sp³-hybridized carbons (Fsp3) is 0.467. The topological polar surface area (TPSA) is 92.9 Å². The summed E-state index contributed by atoms with van der Waals surface area (Å²) in [7, 11) is 0. The summed E-state index contributed by atoms with van der Waals surface area (Å²) in [5, 5.41) is 8.80. The van der Waals surface area contributed by atoms with Crippen molar-refractivity contribution in [2.24, 2.45) is 11.7 Å². The van der Waals surface area contributed by atoms with Crippen LogP contribution in [0.25, 0.3) is 0 Å². The van der Waals surface area contributed by atoms with E-state index in [0.29, 0.717) is 5.75 Å². The third-order valence-corrected chi connectivity index (χ3v) is 3.54. The summed E-state index contributed by atoms with van der Waals surface area (Å²) in [6.07, 6.45) is 1.18. The number of primary amides is 1. The van der Waals surface area contributed by atoms with Gasteiger partial charge in [-0.3, -0.25) is 14.5 Å². The minimum Gasteiger partial charge on any atom is -0.484 e. The largest absolute Gasteiger partial charge is 0.484 e. The lowest BCUT2D eigenvalue weighted by molar-refractivity contribution is -0.138. The molecule has 1 fully saturated rings. The van der Waals surface area contributed by atoms with Gasteiger partial charge in [-0.2, -0.15) is 0 Å². The molecule has 6 nitrogen and oxygen atoms in total. The minimum absolute atomic E-state index is 0.123. The van der Waals surface area contributed by atoms with Crippen LogP contribution >= 0.6 is 0 Å². The number of carboxylic acids is 1. The summed E-state index contributed by atoms with van der Waals surface area (Å²) < 4.78 is 5.20. The number of nitrogens with zero attached hydrogens (tertiary/aromatic N) is 1. The highest BCUT2D eigenvalue weighted by Crippen LogP contribution is 2.22. The highest BCUT2D eigenvalue weighted by atomic mass is 16.5. The van der Waals surface area contributed by atoms with Crippen LogP contribution in [-0.2, 0) is 16.1 Å². The first-order valence-corrected chi connectivity index (χ1v) is 6.97. The highest BCUT2D eigenvalue weighted by molar-refractivity contribution is 5.75. The fourth-order valence-corrected chi connectivity index (χ4v) is 2.57. The lowest BCUT2D eigenvalue weighted by Gasteiger charge is -2.16. The molecule has 0 spiro atoms. The first-order valence-electron chi connectivity index (χ1n) is 6.97. The normalized spacial score (nSPS) is 18.6. The van der Waals surface area contributed by atoms with E-state index in [2.05, 4.69) is 4.90 Å². The maximum absolute atomic E-state index is 10.7. The number of likely N-dealkylation sites (tertiary alicyclic amines) is 1. The van der Waals surface area contributed by atoms with Crippen LogP contribution in [0.1, 0.15) is 18.4 Å². The van der Waals surface area contributed by atoms with E-state index in [1.54, 1.807) is 0 Å². The van der Waals surface area contributed by atoms with Crippen LogP contribution in [0, 0.1) is 5.92 Å². The standard InChI is InChI=1S/C15H20N2O4/c16-14(18)10-21-13-3-1-11(2-4-13)8-17-6-5-12(9-17)7-15(19)20/h1-4,12H,5-10H2,(H2,16,18)(H,19,20). The molecule has 1 aliphatic heterocycles. The molecule has 1 amide bonds. The van der Waals surface area contributed by atoms with Crippen molar-refractivity contribution < 1.29 is 19.4 Å². The molecule has 0 bridgehead atoms. The molecular formula is C15H20N2O4. The lowest BCUT2D eigenvalue weighted by atomic mass is 10.1. The van der Waals surface area contributed by atoms with Gasteiger partial charge in [0.2, 0.25) is 0 Å². The number of amides is 1. The van der Waals surface area contributed by atoms with Crippen molar-refractivity contribution in [3.05, 3.63) is 29.8 Å². The molecule has 3 N–H and O–H groups in total. The number of nitrogens with two attached hydrogens (primary N) is 1. The summed E-state index contributed by atoms with van der Waals surface area (Å²) in [5.41, 5.74) is 6.15. The molecule has 0 saturated carbocycles. The maximum Gasteiger partial charge on any atom is 0.303 e. The number of carboxylic acid groups (broad SMARTS) is 1.